The van der Waals surface area contributed by atoms with E-state index in [9.17, 15) is 0 Å². The minimum absolute atomic E-state index is 0.123. The third-order valence-corrected chi connectivity index (χ3v) is 7.25. The molecule has 0 spiro atoms. The maximum atomic E-state index is 2.38. The first-order valence-corrected chi connectivity index (χ1v) is 14.1. The first-order valence-electron chi connectivity index (χ1n) is 14.1. The minimum atomic E-state index is 0.123. The highest BCUT2D eigenvalue weighted by atomic mass is 14.3. The molecule has 0 fully saturated rings. The fourth-order valence-electron chi connectivity index (χ4n) is 4.33. The zero-order valence-electron chi connectivity index (χ0n) is 26.1. The molecule has 0 bridgehead atoms. The average molecular weight is 507 g/mol. The van der Waals surface area contributed by atoms with E-state index in [0.29, 0.717) is 0 Å². The van der Waals surface area contributed by atoms with Crippen LogP contribution in [0.25, 0.3) is 24.3 Å². The zero-order valence-corrected chi connectivity index (χ0v) is 26.1. The maximum Gasteiger partial charge on any atom is -0.0132 e. The lowest BCUT2D eigenvalue weighted by atomic mass is 9.79. The molecule has 0 aliphatic rings. The minimum Gasteiger partial charge on any atom is -0.0561 e. The monoisotopic (exact) mass is 506 g/mol. The summed E-state index contributed by atoms with van der Waals surface area (Å²) < 4.78 is 0. The molecule has 0 N–H and O–H groups in total. The molecule has 0 saturated heterocycles. The Labute approximate surface area is 233 Å². The molecular formula is C38H50. The standard InChI is InChI=1S/C38H50/c1-35(2,3)31-21-29(22-32(25-31)36(4,5)6)19-17-27-13-15-28(16-14-27)18-20-30-23-33(37(7,8)9)26-34(24-30)38(10,11)12/h13-26H,1-12H3/b19-17-,20-18+. The molecule has 0 nitrogen and oxygen atoms in total. The largest absolute Gasteiger partial charge is 0.0561 e. The highest BCUT2D eigenvalue weighted by molar-refractivity contribution is 5.74. The van der Waals surface area contributed by atoms with Gasteiger partial charge in [0.15, 0.2) is 0 Å². The topological polar surface area (TPSA) is 0 Å². The summed E-state index contributed by atoms with van der Waals surface area (Å²) in [7, 11) is 0. The second-order valence-electron chi connectivity index (χ2n) is 15.0. The normalized spacial score (nSPS) is 13.6. The van der Waals surface area contributed by atoms with Crippen molar-refractivity contribution in [3.63, 3.8) is 0 Å². The Bertz CT molecular complexity index is 1130. The summed E-state index contributed by atoms with van der Waals surface area (Å²) in [6, 6.07) is 22.9. The summed E-state index contributed by atoms with van der Waals surface area (Å²) in [5.74, 6) is 0. The molecule has 0 aliphatic carbocycles. The fraction of sp³-hybridized carbons (Fsp3) is 0.421. The van der Waals surface area contributed by atoms with Gasteiger partial charge in [0.2, 0.25) is 0 Å². The van der Waals surface area contributed by atoms with Gasteiger partial charge in [-0.25, -0.2) is 0 Å². The van der Waals surface area contributed by atoms with Gasteiger partial charge in [0.25, 0.3) is 0 Å². The molecule has 0 radical (unpaired) electrons. The highest BCUT2D eigenvalue weighted by Gasteiger charge is 2.21. The van der Waals surface area contributed by atoms with Crippen LogP contribution in [0.5, 0.6) is 0 Å². The van der Waals surface area contributed by atoms with Gasteiger partial charge in [-0.15, -0.1) is 0 Å². The summed E-state index contributed by atoms with van der Waals surface area (Å²) in [5, 5.41) is 0. The summed E-state index contributed by atoms with van der Waals surface area (Å²) in [4.78, 5) is 0. The molecule has 0 aromatic heterocycles. The Morgan fingerprint density at radius 3 is 0.737 bits per heavy atom. The van der Waals surface area contributed by atoms with Crippen molar-refractivity contribution in [1.82, 2.24) is 0 Å². The van der Waals surface area contributed by atoms with E-state index in [-0.39, 0.29) is 21.7 Å². The maximum absolute atomic E-state index is 2.38. The fourth-order valence-corrected chi connectivity index (χ4v) is 4.33. The van der Waals surface area contributed by atoms with Gasteiger partial charge >= 0.3 is 0 Å². The first kappa shape index (κ1) is 29.7. The smallest absolute Gasteiger partial charge is 0.0132 e. The van der Waals surface area contributed by atoms with Crippen LogP contribution in [0.3, 0.4) is 0 Å². The van der Waals surface area contributed by atoms with Gasteiger partial charge < -0.3 is 0 Å². The Hall–Kier alpha value is -2.86. The third-order valence-electron chi connectivity index (χ3n) is 7.25. The molecule has 0 atom stereocenters. The predicted octanol–water partition coefficient (Wildman–Crippen LogP) is 11.2. The van der Waals surface area contributed by atoms with Crippen LogP contribution >= 0.6 is 0 Å². The molecule has 0 heteroatoms. The zero-order chi connectivity index (χ0) is 28.5. The van der Waals surface area contributed by atoms with Gasteiger partial charge in [-0.2, -0.15) is 0 Å². The summed E-state index contributed by atoms with van der Waals surface area (Å²) in [5.41, 5.74) is 11.0. The molecule has 0 heterocycles. The van der Waals surface area contributed by atoms with Crippen LogP contribution in [-0.2, 0) is 21.7 Å². The molecule has 0 aliphatic heterocycles. The van der Waals surface area contributed by atoms with E-state index in [1.165, 1.54) is 44.5 Å². The highest BCUT2D eigenvalue weighted by Crippen LogP contribution is 2.32. The van der Waals surface area contributed by atoms with Crippen molar-refractivity contribution in [3.8, 4) is 0 Å². The van der Waals surface area contributed by atoms with Crippen molar-refractivity contribution in [3.05, 3.63) is 105 Å². The van der Waals surface area contributed by atoms with Gasteiger partial charge in [0.05, 0.1) is 0 Å². The van der Waals surface area contributed by atoms with E-state index in [1.54, 1.807) is 0 Å². The van der Waals surface area contributed by atoms with E-state index in [2.05, 4.69) is 168 Å². The van der Waals surface area contributed by atoms with E-state index >= 15 is 0 Å². The Balaban J connectivity index is 1.85. The Morgan fingerprint density at radius 1 is 0.316 bits per heavy atom. The number of hydrogen-bond acceptors (Lipinski definition) is 0. The van der Waals surface area contributed by atoms with Crippen molar-refractivity contribution >= 4 is 24.3 Å². The molecule has 0 saturated carbocycles. The summed E-state index contributed by atoms with van der Waals surface area (Å²) in [6.07, 6.45) is 8.96. The van der Waals surface area contributed by atoms with Crippen LogP contribution in [0.15, 0.2) is 60.7 Å². The molecular weight excluding hydrogens is 456 g/mol. The molecule has 0 unspecified atom stereocenters. The van der Waals surface area contributed by atoms with E-state index in [0.717, 1.165) is 0 Å². The number of benzene rings is 3. The lowest BCUT2D eigenvalue weighted by Crippen LogP contribution is -2.16. The van der Waals surface area contributed by atoms with Crippen LogP contribution < -0.4 is 0 Å². The Kier molecular flexibility index (Phi) is 8.38. The van der Waals surface area contributed by atoms with Crippen LogP contribution in [-0.4, -0.2) is 0 Å². The van der Waals surface area contributed by atoms with Crippen LogP contribution in [0.2, 0.25) is 0 Å². The molecule has 202 valence electrons. The quantitative estimate of drug-likeness (QED) is 0.309. The number of hydrogen-bond donors (Lipinski definition) is 0. The van der Waals surface area contributed by atoms with Crippen LogP contribution in [0.1, 0.15) is 128 Å². The van der Waals surface area contributed by atoms with Gasteiger partial charge in [-0.05, 0) is 66.2 Å². The lowest BCUT2D eigenvalue weighted by Gasteiger charge is -2.25. The summed E-state index contributed by atoms with van der Waals surface area (Å²) in [6.45, 7) is 27.5. The second-order valence-corrected chi connectivity index (χ2v) is 15.0. The summed E-state index contributed by atoms with van der Waals surface area (Å²) >= 11 is 0. The van der Waals surface area contributed by atoms with E-state index in [1.807, 2.05) is 0 Å². The molecule has 3 rings (SSSR count). The van der Waals surface area contributed by atoms with Crippen molar-refractivity contribution in [1.29, 1.82) is 0 Å². The van der Waals surface area contributed by atoms with Gasteiger partial charge in [0, 0.05) is 0 Å². The lowest BCUT2D eigenvalue weighted by molar-refractivity contribution is 0.568. The van der Waals surface area contributed by atoms with Crippen LogP contribution in [0, 0.1) is 0 Å². The molecule has 0 amide bonds. The second kappa shape index (κ2) is 10.7. The molecule has 38 heavy (non-hydrogen) atoms. The van der Waals surface area contributed by atoms with Crippen molar-refractivity contribution in [2.45, 2.75) is 105 Å². The van der Waals surface area contributed by atoms with Crippen molar-refractivity contribution in [2.75, 3.05) is 0 Å². The molecule has 3 aromatic rings. The van der Waals surface area contributed by atoms with Gasteiger partial charge in [-0.3, -0.25) is 0 Å². The first-order chi connectivity index (χ1) is 17.3. The van der Waals surface area contributed by atoms with Crippen molar-refractivity contribution in [2.24, 2.45) is 0 Å². The third kappa shape index (κ3) is 8.07. The van der Waals surface area contributed by atoms with E-state index < -0.39 is 0 Å². The van der Waals surface area contributed by atoms with Crippen molar-refractivity contribution < 1.29 is 0 Å². The predicted molar refractivity (Wildman–Crippen MR) is 172 cm³/mol. The SMILES string of the molecule is CC(C)(C)c1cc(/C=C\c2ccc(/C=C/c3cc(C(C)(C)C)cc(C(C)(C)C)c3)cc2)cc(C(C)(C)C)c1. The Morgan fingerprint density at radius 2 is 0.526 bits per heavy atom. The molecule has 3 aromatic carbocycles. The van der Waals surface area contributed by atoms with Crippen LogP contribution in [0.4, 0.5) is 0 Å². The van der Waals surface area contributed by atoms with Gasteiger partial charge in [0.1, 0.15) is 0 Å². The van der Waals surface area contributed by atoms with Gasteiger partial charge in [-0.1, -0.05) is 168 Å². The van der Waals surface area contributed by atoms with E-state index in [4.69, 9.17) is 0 Å². The average Bonchev–Trinajstić information content (AvgIpc) is 2.79. The number of rotatable bonds is 4.